The number of oxazole rings is 1. The lowest BCUT2D eigenvalue weighted by atomic mass is 10.0. The summed E-state index contributed by atoms with van der Waals surface area (Å²) in [6, 6.07) is 3.60. The molecule has 10 nitrogen and oxygen atoms in total. The molecule has 1 amide bonds. The van der Waals surface area contributed by atoms with Crippen molar-refractivity contribution >= 4 is 29.2 Å². The summed E-state index contributed by atoms with van der Waals surface area (Å²) < 4.78 is 7.06. The summed E-state index contributed by atoms with van der Waals surface area (Å²) in [6.07, 6.45) is 12.6. The lowest BCUT2D eigenvalue weighted by molar-refractivity contribution is -0.117. The molecule has 0 radical (unpaired) electrons. The van der Waals surface area contributed by atoms with E-state index in [1.807, 2.05) is 26.2 Å². The predicted molar refractivity (Wildman–Crippen MR) is 137 cm³/mol. The molecule has 1 aliphatic rings. The predicted octanol–water partition coefficient (Wildman–Crippen LogP) is 3.30. The maximum absolute atomic E-state index is 12.8. The second-order valence-electron chi connectivity index (χ2n) is 8.89. The molecule has 5 rings (SSSR count). The number of amides is 1. The van der Waals surface area contributed by atoms with Gasteiger partial charge in [-0.3, -0.25) is 14.5 Å². The highest BCUT2D eigenvalue weighted by Crippen LogP contribution is 2.47. The van der Waals surface area contributed by atoms with Crippen LogP contribution in [0, 0.1) is 12.8 Å². The normalized spacial score (nSPS) is 17.1. The number of pyridine rings is 2. The molecule has 4 aromatic rings. The molecule has 0 saturated heterocycles. The van der Waals surface area contributed by atoms with Crippen LogP contribution in [0.2, 0.25) is 0 Å². The van der Waals surface area contributed by atoms with Gasteiger partial charge in [-0.15, -0.1) is 0 Å². The van der Waals surface area contributed by atoms with Gasteiger partial charge in [0, 0.05) is 54.1 Å². The van der Waals surface area contributed by atoms with Crippen LogP contribution < -0.4 is 16.8 Å². The molecule has 5 N–H and O–H groups in total. The number of rotatable bonds is 7. The summed E-state index contributed by atoms with van der Waals surface area (Å²) in [6.45, 7) is 5.77. The quantitative estimate of drug-likeness (QED) is 0.363. The maximum Gasteiger partial charge on any atom is 0.244 e. The zero-order chi connectivity index (χ0) is 25.4. The van der Waals surface area contributed by atoms with Crippen LogP contribution in [-0.4, -0.2) is 30.6 Å². The first kappa shape index (κ1) is 23.0. The fourth-order valence-corrected chi connectivity index (χ4v) is 4.20. The molecule has 1 aliphatic carbocycles. The van der Waals surface area contributed by atoms with E-state index in [1.165, 1.54) is 6.26 Å². The van der Waals surface area contributed by atoms with Gasteiger partial charge in [-0.05, 0) is 54.2 Å². The molecule has 36 heavy (non-hydrogen) atoms. The van der Waals surface area contributed by atoms with Crippen LogP contribution in [0.15, 0.2) is 60.4 Å². The van der Waals surface area contributed by atoms with Crippen LogP contribution in [0.4, 0.5) is 5.82 Å². The number of aryl methyl sites for hydroxylation is 2. The van der Waals surface area contributed by atoms with Gasteiger partial charge in [0.15, 0.2) is 0 Å². The minimum Gasteiger partial charge on any atom is -0.443 e. The Morgan fingerprint density at radius 3 is 2.67 bits per heavy atom. The largest absolute Gasteiger partial charge is 0.443 e. The minimum absolute atomic E-state index is 0.0826. The lowest BCUT2D eigenvalue weighted by Gasteiger charge is -2.12. The Kier molecular flexibility index (Phi) is 5.85. The fourth-order valence-electron chi connectivity index (χ4n) is 4.20. The third-order valence-corrected chi connectivity index (χ3v) is 6.20. The first-order chi connectivity index (χ1) is 17.3. The van der Waals surface area contributed by atoms with Crippen molar-refractivity contribution in [2.45, 2.75) is 19.3 Å². The van der Waals surface area contributed by atoms with E-state index >= 15 is 0 Å². The molecule has 0 unspecified atom stereocenters. The summed E-state index contributed by atoms with van der Waals surface area (Å²) in [5, 5.41) is 7.11. The lowest BCUT2D eigenvalue weighted by Crippen LogP contribution is -2.16. The van der Waals surface area contributed by atoms with Crippen molar-refractivity contribution in [3.8, 4) is 11.6 Å². The van der Waals surface area contributed by atoms with Crippen molar-refractivity contribution in [3.63, 3.8) is 0 Å². The molecule has 182 valence electrons. The molecule has 10 heteroatoms. The number of anilines is 1. The maximum atomic E-state index is 12.8. The van der Waals surface area contributed by atoms with E-state index in [-0.39, 0.29) is 17.7 Å². The standard InChI is InChI=1S/C26H26N8O2/c1-14-6-23(26-29-4-5-36-26)30-11-20(14)22(28)7-16-8-24(31-12-21(16)15(2)27)33-25(35)19-9-18(19)17-10-32-34(3)13-17/h4-8,10-13,18-19H,2,9,27-28H2,1,3H3,(H,31,33,35)/b22-7-/t18-,19+/m1/s1. The number of hydrogen-bond acceptors (Lipinski definition) is 8. The molecule has 0 aliphatic heterocycles. The number of nitrogens with two attached hydrogens (primary N) is 2. The summed E-state index contributed by atoms with van der Waals surface area (Å²) >= 11 is 0. The number of aromatic nitrogens is 5. The van der Waals surface area contributed by atoms with E-state index in [4.69, 9.17) is 15.9 Å². The van der Waals surface area contributed by atoms with Crippen LogP contribution >= 0.6 is 0 Å². The van der Waals surface area contributed by atoms with Crippen LogP contribution in [0.5, 0.6) is 0 Å². The molecule has 0 spiro atoms. The average molecular weight is 483 g/mol. The molecule has 2 atom stereocenters. The van der Waals surface area contributed by atoms with E-state index in [9.17, 15) is 4.79 Å². The molecule has 1 fully saturated rings. The third-order valence-electron chi connectivity index (χ3n) is 6.20. The van der Waals surface area contributed by atoms with Gasteiger partial charge < -0.3 is 21.2 Å². The number of carbonyl (C=O) groups excluding carboxylic acids is 1. The Morgan fingerprint density at radius 1 is 1.19 bits per heavy atom. The zero-order valence-corrected chi connectivity index (χ0v) is 20.0. The number of hydrogen-bond donors (Lipinski definition) is 3. The first-order valence-corrected chi connectivity index (χ1v) is 11.4. The van der Waals surface area contributed by atoms with E-state index in [1.54, 1.807) is 41.6 Å². The summed E-state index contributed by atoms with van der Waals surface area (Å²) in [5.74, 6) is 0.826. The Bertz CT molecular complexity index is 1490. The SMILES string of the molecule is C=C(N)c1cnc(NC(=O)[C@H]2C[C@@H]2c2cnn(C)c2)cc1/C=C(\N)c1cnc(-c2ncco2)cc1C. The van der Waals surface area contributed by atoms with Crippen molar-refractivity contribution < 1.29 is 9.21 Å². The fraction of sp³-hybridized carbons (Fsp3) is 0.192. The van der Waals surface area contributed by atoms with Gasteiger partial charge in [-0.2, -0.15) is 5.10 Å². The number of nitrogens with one attached hydrogen (secondary N) is 1. The van der Waals surface area contributed by atoms with E-state index in [0.29, 0.717) is 39.9 Å². The zero-order valence-electron chi connectivity index (χ0n) is 20.0. The molecule has 0 aromatic carbocycles. The van der Waals surface area contributed by atoms with Crippen molar-refractivity contribution in [1.82, 2.24) is 24.7 Å². The summed E-state index contributed by atoms with van der Waals surface area (Å²) in [7, 11) is 1.86. The van der Waals surface area contributed by atoms with Gasteiger partial charge in [0.25, 0.3) is 0 Å². The number of nitrogens with zero attached hydrogens (tertiary/aromatic N) is 5. The third kappa shape index (κ3) is 4.61. The van der Waals surface area contributed by atoms with E-state index < -0.39 is 0 Å². The molecule has 4 aromatic heterocycles. The second kappa shape index (κ2) is 9.14. The molecule has 4 heterocycles. The van der Waals surface area contributed by atoms with Crippen LogP contribution in [0.25, 0.3) is 29.1 Å². The first-order valence-electron chi connectivity index (χ1n) is 11.4. The van der Waals surface area contributed by atoms with E-state index in [2.05, 4.69) is 31.9 Å². The average Bonchev–Trinajstić information content (AvgIpc) is 3.22. The van der Waals surface area contributed by atoms with Crippen LogP contribution in [0.1, 0.15) is 40.2 Å². The van der Waals surface area contributed by atoms with Crippen molar-refractivity contribution in [2.75, 3.05) is 5.32 Å². The molecule has 0 bridgehead atoms. The highest BCUT2D eigenvalue weighted by Gasteiger charge is 2.44. The van der Waals surface area contributed by atoms with Gasteiger partial charge >= 0.3 is 0 Å². The topological polar surface area (TPSA) is 151 Å². The molecular formula is C26H26N8O2. The van der Waals surface area contributed by atoms with Crippen LogP contribution in [0.3, 0.4) is 0 Å². The smallest absolute Gasteiger partial charge is 0.244 e. The van der Waals surface area contributed by atoms with Gasteiger partial charge in [-0.25, -0.2) is 9.97 Å². The Hall–Kier alpha value is -4.73. The van der Waals surface area contributed by atoms with Gasteiger partial charge in [0.2, 0.25) is 11.8 Å². The van der Waals surface area contributed by atoms with Crippen molar-refractivity contribution in [3.05, 3.63) is 83.8 Å². The van der Waals surface area contributed by atoms with Gasteiger partial charge in [0.05, 0.1) is 12.4 Å². The highest BCUT2D eigenvalue weighted by molar-refractivity contribution is 5.95. The van der Waals surface area contributed by atoms with Crippen molar-refractivity contribution in [1.29, 1.82) is 0 Å². The molecular weight excluding hydrogens is 456 g/mol. The second-order valence-corrected chi connectivity index (χ2v) is 8.89. The summed E-state index contributed by atoms with van der Waals surface area (Å²) in [4.78, 5) is 25.7. The van der Waals surface area contributed by atoms with Crippen LogP contribution in [-0.2, 0) is 11.8 Å². The van der Waals surface area contributed by atoms with Crippen molar-refractivity contribution in [2.24, 2.45) is 24.4 Å². The summed E-state index contributed by atoms with van der Waals surface area (Å²) in [5.41, 5.74) is 17.9. The Balaban J connectivity index is 1.38. The van der Waals surface area contributed by atoms with Gasteiger partial charge in [0.1, 0.15) is 17.8 Å². The Labute approximate surface area is 207 Å². The van der Waals surface area contributed by atoms with Gasteiger partial charge in [-0.1, -0.05) is 6.58 Å². The minimum atomic E-state index is -0.111. The highest BCUT2D eigenvalue weighted by atomic mass is 16.3. The number of carbonyl (C=O) groups is 1. The van der Waals surface area contributed by atoms with E-state index in [0.717, 1.165) is 23.1 Å². The monoisotopic (exact) mass is 482 g/mol. The Morgan fingerprint density at radius 2 is 2.00 bits per heavy atom. The molecule has 1 saturated carbocycles.